The minimum absolute atomic E-state index is 0.255. The molecule has 0 N–H and O–H groups in total. The molecule has 3 aliphatic heterocycles. The van der Waals surface area contributed by atoms with Crippen LogP contribution < -0.4 is 4.90 Å². The van der Waals surface area contributed by atoms with Gasteiger partial charge in [0.05, 0.1) is 16.8 Å². The van der Waals surface area contributed by atoms with Gasteiger partial charge in [0.2, 0.25) is 0 Å². The summed E-state index contributed by atoms with van der Waals surface area (Å²) in [6.07, 6.45) is 4.77. The van der Waals surface area contributed by atoms with Crippen molar-refractivity contribution in [3.05, 3.63) is 99.0 Å². The highest BCUT2D eigenvalue weighted by atomic mass is 35.5. The fraction of sp³-hybridized carbons (Fsp3) is 0.455. The number of halogens is 3. The third kappa shape index (κ3) is 6.64. The van der Waals surface area contributed by atoms with Gasteiger partial charge < -0.3 is 9.80 Å². The summed E-state index contributed by atoms with van der Waals surface area (Å²) in [7, 11) is 0. The molecule has 3 aromatic rings. The molecule has 0 saturated carbocycles. The third-order valence-electron chi connectivity index (χ3n) is 9.24. The molecule has 4 nitrogen and oxygen atoms in total. The summed E-state index contributed by atoms with van der Waals surface area (Å²) in [5.74, 6) is 0. The zero-order valence-corrected chi connectivity index (χ0v) is 25.3. The molecular weight excluding hydrogens is 559 g/mol. The van der Waals surface area contributed by atoms with Crippen molar-refractivity contribution in [2.45, 2.75) is 50.4 Å². The average Bonchev–Trinajstić information content (AvgIpc) is 2.99. The van der Waals surface area contributed by atoms with E-state index in [2.05, 4.69) is 68.1 Å². The monoisotopic (exact) mass is 596 g/mol. The average molecular weight is 598 g/mol. The van der Waals surface area contributed by atoms with Gasteiger partial charge in [0.1, 0.15) is 0 Å². The van der Waals surface area contributed by atoms with Gasteiger partial charge >= 0.3 is 0 Å². The smallest absolute Gasteiger partial charge is 0.0654 e. The molecule has 3 saturated heterocycles. The molecule has 0 spiro atoms. The zero-order valence-electron chi connectivity index (χ0n) is 23.1. The number of piperazine rings is 1. The summed E-state index contributed by atoms with van der Waals surface area (Å²) in [6, 6.07) is 26.7. The first-order chi connectivity index (χ1) is 19.5. The number of likely N-dealkylation sites (tertiary alicyclic amines) is 1. The summed E-state index contributed by atoms with van der Waals surface area (Å²) in [6.45, 7) is 9.15. The van der Waals surface area contributed by atoms with E-state index in [4.69, 9.17) is 34.8 Å². The lowest BCUT2D eigenvalue weighted by molar-refractivity contribution is 0.0394. The molecule has 3 aromatic carbocycles. The van der Waals surface area contributed by atoms with Crippen LogP contribution in [0.2, 0.25) is 15.1 Å². The highest BCUT2D eigenvalue weighted by Crippen LogP contribution is 2.41. The summed E-state index contributed by atoms with van der Waals surface area (Å²) in [5, 5.41) is 2.16. The first-order valence-electron chi connectivity index (χ1n) is 14.7. The number of nitrogens with zero attached hydrogens (tertiary/aromatic N) is 4. The van der Waals surface area contributed by atoms with Gasteiger partial charge in [-0.1, -0.05) is 77.3 Å². The van der Waals surface area contributed by atoms with Crippen LogP contribution in [0.1, 0.15) is 42.9 Å². The Kier molecular flexibility index (Phi) is 9.22. The lowest BCUT2D eigenvalue weighted by atomic mass is 9.88. The lowest BCUT2D eigenvalue weighted by Gasteiger charge is -2.48. The van der Waals surface area contributed by atoms with Crippen molar-refractivity contribution in [1.29, 1.82) is 0 Å². The molecule has 3 fully saturated rings. The van der Waals surface area contributed by atoms with Crippen molar-refractivity contribution < 1.29 is 0 Å². The third-order valence-corrected chi connectivity index (χ3v) is 10.0. The van der Waals surface area contributed by atoms with Gasteiger partial charge in [0.25, 0.3) is 0 Å². The predicted octanol–water partition coefficient (Wildman–Crippen LogP) is 7.64. The maximum Gasteiger partial charge on any atom is 0.0654 e. The Morgan fingerprint density at radius 2 is 1.27 bits per heavy atom. The Morgan fingerprint density at radius 3 is 1.98 bits per heavy atom. The molecule has 0 amide bonds. The molecule has 3 aliphatic rings. The van der Waals surface area contributed by atoms with E-state index in [0.717, 1.165) is 47.7 Å². The van der Waals surface area contributed by atoms with Crippen LogP contribution in [0.3, 0.4) is 0 Å². The van der Waals surface area contributed by atoms with Crippen LogP contribution in [0.5, 0.6) is 0 Å². The minimum Gasteiger partial charge on any atom is -0.363 e. The van der Waals surface area contributed by atoms with Crippen molar-refractivity contribution in [3.63, 3.8) is 0 Å². The molecular formula is C33H39Cl3N4. The van der Waals surface area contributed by atoms with Crippen molar-refractivity contribution in [1.82, 2.24) is 14.7 Å². The standard InChI is InChI=1S/C33H39Cl3N4/c34-27-8-6-26(7-9-27)33-23-30(14-17-40(33)32-11-10-28(35)22-31(32)36)38-15-12-29(13-16-38)39-20-18-37(19-21-39)24-25-4-2-1-3-5-25/h1-11,22,29-30,33H,12-21,23-24H2. The Morgan fingerprint density at radius 1 is 0.625 bits per heavy atom. The highest BCUT2D eigenvalue weighted by Gasteiger charge is 2.36. The van der Waals surface area contributed by atoms with Crippen molar-refractivity contribution in [3.8, 4) is 0 Å². The van der Waals surface area contributed by atoms with Gasteiger partial charge in [-0.2, -0.15) is 0 Å². The Hall–Kier alpha value is -1.79. The van der Waals surface area contributed by atoms with E-state index in [-0.39, 0.29) is 6.04 Å². The van der Waals surface area contributed by atoms with E-state index < -0.39 is 0 Å². The Bertz CT molecular complexity index is 1240. The van der Waals surface area contributed by atoms with Gasteiger partial charge in [-0.15, -0.1) is 0 Å². The predicted molar refractivity (Wildman–Crippen MR) is 169 cm³/mol. The zero-order chi connectivity index (χ0) is 27.5. The van der Waals surface area contributed by atoms with Gasteiger partial charge in [-0.3, -0.25) is 9.80 Å². The molecule has 2 atom stereocenters. The van der Waals surface area contributed by atoms with E-state index in [1.165, 1.54) is 63.2 Å². The van der Waals surface area contributed by atoms with E-state index in [9.17, 15) is 0 Å². The van der Waals surface area contributed by atoms with Gasteiger partial charge in [0.15, 0.2) is 0 Å². The molecule has 2 unspecified atom stereocenters. The molecule has 3 heterocycles. The van der Waals surface area contributed by atoms with Crippen molar-refractivity contribution in [2.24, 2.45) is 0 Å². The number of hydrogen-bond donors (Lipinski definition) is 0. The first-order valence-corrected chi connectivity index (χ1v) is 15.9. The highest BCUT2D eigenvalue weighted by molar-refractivity contribution is 6.36. The fourth-order valence-electron chi connectivity index (χ4n) is 7.03. The van der Waals surface area contributed by atoms with Crippen molar-refractivity contribution >= 4 is 40.5 Å². The number of rotatable bonds is 6. The van der Waals surface area contributed by atoms with Gasteiger partial charge in [-0.25, -0.2) is 0 Å². The van der Waals surface area contributed by atoms with Crippen LogP contribution in [-0.4, -0.2) is 72.6 Å². The topological polar surface area (TPSA) is 13.0 Å². The molecule has 0 aromatic heterocycles. The summed E-state index contributed by atoms with van der Waals surface area (Å²) >= 11 is 19.2. The van der Waals surface area contributed by atoms with Crippen LogP contribution in [0, 0.1) is 0 Å². The van der Waals surface area contributed by atoms with Crippen LogP contribution in [0.4, 0.5) is 5.69 Å². The normalized spacial score (nSPS) is 23.9. The minimum atomic E-state index is 0.255. The van der Waals surface area contributed by atoms with Gasteiger partial charge in [0, 0.05) is 61.4 Å². The molecule has 40 heavy (non-hydrogen) atoms. The largest absolute Gasteiger partial charge is 0.363 e. The second kappa shape index (κ2) is 13.0. The SMILES string of the molecule is Clc1ccc(C2CC(N3CCC(N4CCN(Cc5ccccc5)CC4)CC3)CCN2c2ccc(Cl)cc2Cl)cc1. The van der Waals surface area contributed by atoms with E-state index in [0.29, 0.717) is 11.1 Å². The van der Waals surface area contributed by atoms with E-state index in [1.807, 2.05) is 24.3 Å². The summed E-state index contributed by atoms with van der Waals surface area (Å²) in [4.78, 5) is 10.6. The molecule has 212 valence electrons. The van der Waals surface area contributed by atoms with Crippen molar-refractivity contribution in [2.75, 3.05) is 50.7 Å². The Balaban J connectivity index is 1.06. The molecule has 7 heteroatoms. The van der Waals surface area contributed by atoms with E-state index >= 15 is 0 Å². The first kappa shape index (κ1) is 28.3. The van der Waals surface area contributed by atoms with Crippen LogP contribution >= 0.6 is 34.8 Å². The van der Waals surface area contributed by atoms with Crippen LogP contribution in [0.15, 0.2) is 72.8 Å². The number of benzene rings is 3. The fourth-order valence-corrected chi connectivity index (χ4v) is 7.67. The molecule has 0 radical (unpaired) electrons. The van der Waals surface area contributed by atoms with Crippen LogP contribution in [-0.2, 0) is 6.54 Å². The number of hydrogen-bond acceptors (Lipinski definition) is 4. The van der Waals surface area contributed by atoms with E-state index in [1.54, 1.807) is 0 Å². The number of anilines is 1. The van der Waals surface area contributed by atoms with Crippen LogP contribution in [0.25, 0.3) is 0 Å². The maximum absolute atomic E-state index is 6.70. The summed E-state index contributed by atoms with van der Waals surface area (Å²) in [5.41, 5.74) is 3.78. The Labute approximate surface area is 254 Å². The van der Waals surface area contributed by atoms with Gasteiger partial charge in [-0.05, 0) is 80.2 Å². The number of piperidine rings is 2. The maximum atomic E-state index is 6.70. The lowest BCUT2D eigenvalue weighted by Crippen LogP contribution is -2.55. The summed E-state index contributed by atoms with van der Waals surface area (Å²) < 4.78 is 0. The molecule has 6 rings (SSSR count). The quantitative estimate of drug-likeness (QED) is 0.289. The second-order valence-corrected chi connectivity index (χ2v) is 12.9. The molecule has 0 aliphatic carbocycles. The molecule has 0 bridgehead atoms. The second-order valence-electron chi connectivity index (χ2n) is 11.6.